The number of amides is 1. The van der Waals surface area contributed by atoms with E-state index in [-0.39, 0.29) is 12.2 Å². The van der Waals surface area contributed by atoms with Gasteiger partial charge in [0.2, 0.25) is 5.91 Å². The maximum Gasteiger partial charge on any atom is 0.338 e. The normalized spacial score (nSPS) is 20.1. The van der Waals surface area contributed by atoms with Crippen molar-refractivity contribution in [2.45, 2.75) is 18.5 Å². The fourth-order valence-corrected chi connectivity index (χ4v) is 3.07. The van der Waals surface area contributed by atoms with Crippen molar-refractivity contribution in [1.82, 2.24) is 4.90 Å². The summed E-state index contributed by atoms with van der Waals surface area (Å²) in [6, 6.07) is 5.96. The SMILES string of the molecule is O=C1C(P(=O)(O)O)CCN1CCc1ccc(F)cc1. The summed E-state index contributed by atoms with van der Waals surface area (Å²) in [6.45, 7) is 0.747. The minimum Gasteiger partial charge on any atom is -0.342 e. The van der Waals surface area contributed by atoms with Crippen LogP contribution in [0.4, 0.5) is 4.39 Å². The van der Waals surface area contributed by atoms with E-state index in [1.807, 2.05) is 0 Å². The second kappa shape index (κ2) is 5.41. The molecule has 104 valence electrons. The van der Waals surface area contributed by atoms with Crippen LogP contribution in [0.2, 0.25) is 0 Å². The summed E-state index contributed by atoms with van der Waals surface area (Å²) in [5, 5.41) is 0. The predicted octanol–water partition coefficient (Wildman–Crippen LogP) is 1.15. The molecule has 1 heterocycles. The van der Waals surface area contributed by atoms with Crippen LogP contribution in [0, 0.1) is 5.82 Å². The number of halogens is 1. The van der Waals surface area contributed by atoms with Gasteiger partial charge in [-0.2, -0.15) is 0 Å². The minimum atomic E-state index is -4.35. The van der Waals surface area contributed by atoms with Gasteiger partial charge in [0.25, 0.3) is 0 Å². The zero-order valence-corrected chi connectivity index (χ0v) is 11.1. The molecular formula is C12H15FNO4P. The fourth-order valence-electron chi connectivity index (χ4n) is 2.17. The Bertz CT molecular complexity index is 513. The highest BCUT2D eigenvalue weighted by atomic mass is 31.2. The predicted molar refractivity (Wildman–Crippen MR) is 67.1 cm³/mol. The summed E-state index contributed by atoms with van der Waals surface area (Å²) >= 11 is 0. The average molecular weight is 287 g/mol. The van der Waals surface area contributed by atoms with E-state index in [1.54, 1.807) is 12.1 Å². The first-order valence-corrected chi connectivity index (χ1v) is 7.64. The number of hydrogen-bond donors (Lipinski definition) is 2. The van der Waals surface area contributed by atoms with Gasteiger partial charge in [-0.15, -0.1) is 0 Å². The summed E-state index contributed by atoms with van der Waals surface area (Å²) in [4.78, 5) is 31.3. The molecule has 1 saturated heterocycles. The lowest BCUT2D eigenvalue weighted by Gasteiger charge is -2.17. The Kier molecular flexibility index (Phi) is 4.04. The highest BCUT2D eigenvalue weighted by Gasteiger charge is 2.42. The molecule has 5 nitrogen and oxygen atoms in total. The number of likely N-dealkylation sites (tertiary alicyclic amines) is 1. The van der Waals surface area contributed by atoms with Gasteiger partial charge in [-0.05, 0) is 30.5 Å². The largest absolute Gasteiger partial charge is 0.342 e. The van der Waals surface area contributed by atoms with Crippen LogP contribution in [0.5, 0.6) is 0 Å². The van der Waals surface area contributed by atoms with E-state index in [2.05, 4.69) is 0 Å². The molecule has 0 aliphatic carbocycles. The summed E-state index contributed by atoms with van der Waals surface area (Å²) in [5.74, 6) is -0.807. The Morgan fingerprint density at radius 1 is 1.32 bits per heavy atom. The van der Waals surface area contributed by atoms with Crippen molar-refractivity contribution in [3.8, 4) is 0 Å². The van der Waals surface area contributed by atoms with Crippen LogP contribution < -0.4 is 0 Å². The third-order valence-electron chi connectivity index (χ3n) is 3.26. The number of carbonyl (C=O) groups excluding carboxylic acids is 1. The monoisotopic (exact) mass is 287 g/mol. The van der Waals surface area contributed by atoms with Gasteiger partial charge in [-0.1, -0.05) is 12.1 Å². The highest BCUT2D eigenvalue weighted by molar-refractivity contribution is 7.53. The zero-order valence-electron chi connectivity index (χ0n) is 10.2. The van der Waals surface area contributed by atoms with E-state index in [0.29, 0.717) is 19.5 Å². The molecule has 0 aromatic heterocycles. The van der Waals surface area contributed by atoms with Gasteiger partial charge in [0.1, 0.15) is 11.5 Å². The van der Waals surface area contributed by atoms with Gasteiger partial charge in [-0.25, -0.2) is 4.39 Å². The Balaban J connectivity index is 1.93. The van der Waals surface area contributed by atoms with Crippen molar-refractivity contribution in [2.24, 2.45) is 0 Å². The van der Waals surface area contributed by atoms with E-state index in [4.69, 9.17) is 9.79 Å². The molecule has 2 N–H and O–H groups in total. The molecule has 1 aliphatic heterocycles. The van der Waals surface area contributed by atoms with E-state index < -0.39 is 19.2 Å². The van der Waals surface area contributed by atoms with Crippen LogP contribution in [0.15, 0.2) is 24.3 Å². The lowest BCUT2D eigenvalue weighted by molar-refractivity contribution is -0.127. The molecule has 0 bridgehead atoms. The minimum absolute atomic E-state index is 0.187. The summed E-state index contributed by atoms with van der Waals surface area (Å²) in [5.41, 5.74) is -0.311. The first kappa shape index (κ1) is 14.2. The molecule has 19 heavy (non-hydrogen) atoms. The Labute approximate surface area is 110 Å². The van der Waals surface area contributed by atoms with Gasteiger partial charge >= 0.3 is 7.60 Å². The molecule has 0 spiro atoms. The molecular weight excluding hydrogens is 272 g/mol. The number of rotatable bonds is 4. The molecule has 7 heteroatoms. The van der Waals surface area contributed by atoms with Crippen molar-refractivity contribution < 1.29 is 23.5 Å². The molecule has 1 aromatic rings. The number of benzene rings is 1. The first-order chi connectivity index (χ1) is 8.88. The fraction of sp³-hybridized carbons (Fsp3) is 0.417. The Morgan fingerprint density at radius 3 is 2.47 bits per heavy atom. The molecule has 1 atom stereocenters. The van der Waals surface area contributed by atoms with Gasteiger partial charge in [0.15, 0.2) is 0 Å². The molecule has 1 unspecified atom stereocenters. The van der Waals surface area contributed by atoms with E-state index in [9.17, 15) is 13.8 Å². The van der Waals surface area contributed by atoms with Crippen molar-refractivity contribution in [3.05, 3.63) is 35.6 Å². The highest BCUT2D eigenvalue weighted by Crippen LogP contribution is 2.46. The first-order valence-electron chi connectivity index (χ1n) is 5.96. The van der Waals surface area contributed by atoms with Gasteiger partial charge < -0.3 is 14.7 Å². The van der Waals surface area contributed by atoms with Gasteiger partial charge in [-0.3, -0.25) is 9.36 Å². The van der Waals surface area contributed by atoms with E-state index in [1.165, 1.54) is 17.0 Å². The average Bonchev–Trinajstić information content (AvgIpc) is 2.70. The quantitative estimate of drug-likeness (QED) is 0.814. The molecule has 0 saturated carbocycles. The standard InChI is InChI=1S/C12H15FNO4P/c13-10-3-1-9(2-4-10)5-7-14-8-6-11(12(14)15)19(16,17)18/h1-4,11H,5-8H2,(H2,16,17,18). The molecule has 1 aromatic carbocycles. The third kappa shape index (κ3) is 3.41. The number of nitrogens with zero attached hydrogens (tertiary/aromatic N) is 1. The smallest absolute Gasteiger partial charge is 0.338 e. The lowest BCUT2D eigenvalue weighted by Crippen LogP contribution is -2.31. The van der Waals surface area contributed by atoms with Gasteiger partial charge in [0.05, 0.1) is 0 Å². The van der Waals surface area contributed by atoms with Crippen molar-refractivity contribution in [3.63, 3.8) is 0 Å². The maximum atomic E-state index is 12.7. The summed E-state index contributed by atoms with van der Waals surface area (Å²) in [6.07, 6.45) is 0.729. The van der Waals surface area contributed by atoms with E-state index in [0.717, 1.165) is 5.56 Å². The Hall–Kier alpha value is -1.23. The van der Waals surface area contributed by atoms with Gasteiger partial charge in [0, 0.05) is 13.1 Å². The van der Waals surface area contributed by atoms with Crippen LogP contribution in [0.1, 0.15) is 12.0 Å². The summed E-state index contributed by atoms with van der Waals surface area (Å²) < 4.78 is 23.8. The topological polar surface area (TPSA) is 77.8 Å². The van der Waals surface area contributed by atoms with Crippen molar-refractivity contribution in [2.75, 3.05) is 13.1 Å². The van der Waals surface area contributed by atoms with E-state index >= 15 is 0 Å². The summed E-state index contributed by atoms with van der Waals surface area (Å²) in [7, 11) is -4.35. The number of carbonyl (C=O) groups is 1. The zero-order chi connectivity index (χ0) is 14.0. The van der Waals surface area contributed by atoms with Crippen LogP contribution in [0.25, 0.3) is 0 Å². The van der Waals surface area contributed by atoms with Crippen LogP contribution in [-0.4, -0.2) is 39.3 Å². The Morgan fingerprint density at radius 2 is 1.95 bits per heavy atom. The lowest BCUT2D eigenvalue weighted by atomic mass is 10.1. The van der Waals surface area contributed by atoms with Crippen LogP contribution in [-0.2, 0) is 15.8 Å². The van der Waals surface area contributed by atoms with Crippen LogP contribution >= 0.6 is 7.60 Å². The second-order valence-corrected chi connectivity index (χ2v) is 6.40. The van der Waals surface area contributed by atoms with Crippen LogP contribution in [0.3, 0.4) is 0 Å². The van der Waals surface area contributed by atoms with Crippen molar-refractivity contribution >= 4 is 13.5 Å². The maximum absolute atomic E-state index is 12.7. The number of hydrogen-bond acceptors (Lipinski definition) is 2. The molecule has 0 radical (unpaired) electrons. The molecule has 1 aliphatic rings. The molecule has 1 amide bonds. The van der Waals surface area contributed by atoms with Crippen molar-refractivity contribution in [1.29, 1.82) is 0 Å². The third-order valence-corrected chi connectivity index (χ3v) is 4.55. The molecule has 1 fully saturated rings. The molecule has 2 rings (SSSR count). The second-order valence-electron chi connectivity index (χ2n) is 4.60.